The molecule has 18 heavy (non-hydrogen) atoms. The van der Waals surface area contributed by atoms with Crippen molar-refractivity contribution in [1.82, 2.24) is 9.78 Å². The van der Waals surface area contributed by atoms with Crippen molar-refractivity contribution in [2.45, 2.75) is 33.2 Å². The quantitative estimate of drug-likeness (QED) is 0.902. The lowest BCUT2D eigenvalue weighted by atomic mass is 10.1. The molecule has 0 spiro atoms. The summed E-state index contributed by atoms with van der Waals surface area (Å²) in [7, 11) is 0. The van der Waals surface area contributed by atoms with Gasteiger partial charge in [0.1, 0.15) is 0 Å². The van der Waals surface area contributed by atoms with Crippen molar-refractivity contribution < 1.29 is 9.90 Å². The zero-order chi connectivity index (χ0) is 13.1. The molecule has 2 aromatic heterocycles. The number of thiophene rings is 1. The first-order chi connectivity index (χ1) is 8.58. The predicted molar refractivity (Wildman–Crippen MR) is 71.1 cm³/mol. The van der Waals surface area contributed by atoms with E-state index in [1.165, 1.54) is 5.56 Å². The summed E-state index contributed by atoms with van der Waals surface area (Å²) in [5.41, 5.74) is 3.92. The molecule has 0 aliphatic heterocycles. The zero-order valence-electron chi connectivity index (χ0n) is 10.5. The maximum absolute atomic E-state index is 10.8. The largest absolute Gasteiger partial charge is 0.481 e. The van der Waals surface area contributed by atoms with Gasteiger partial charge in [0.2, 0.25) is 0 Å². The van der Waals surface area contributed by atoms with Crippen molar-refractivity contribution >= 4 is 17.3 Å². The Morgan fingerprint density at radius 3 is 2.89 bits per heavy atom. The van der Waals surface area contributed by atoms with Gasteiger partial charge >= 0.3 is 5.97 Å². The molecule has 2 aromatic rings. The Labute approximate surface area is 110 Å². The van der Waals surface area contributed by atoms with E-state index in [0.717, 1.165) is 29.9 Å². The SMILES string of the molecule is Cc1nn(CCc2ccsc2)c(C)c1CC(=O)O. The van der Waals surface area contributed by atoms with Gasteiger partial charge < -0.3 is 5.11 Å². The van der Waals surface area contributed by atoms with Crippen molar-refractivity contribution in [2.24, 2.45) is 0 Å². The van der Waals surface area contributed by atoms with Gasteiger partial charge in [0.25, 0.3) is 0 Å². The number of aromatic nitrogens is 2. The highest BCUT2D eigenvalue weighted by Gasteiger charge is 2.14. The molecule has 4 nitrogen and oxygen atoms in total. The van der Waals surface area contributed by atoms with Crippen LogP contribution in [0.2, 0.25) is 0 Å². The Morgan fingerprint density at radius 2 is 2.28 bits per heavy atom. The molecule has 2 rings (SSSR count). The van der Waals surface area contributed by atoms with Crippen LogP contribution in [0, 0.1) is 13.8 Å². The highest BCUT2D eigenvalue weighted by Crippen LogP contribution is 2.15. The summed E-state index contributed by atoms with van der Waals surface area (Å²) in [5, 5.41) is 17.5. The van der Waals surface area contributed by atoms with Crippen LogP contribution < -0.4 is 0 Å². The number of carbonyl (C=O) groups is 1. The minimum absolute atomic E-state index is 0.0517. The van der Waals surface area contributed by atoms with Gasteiger partial charge in [-0.05, 0) is 42.7 Å². The molecular weight excluding hydrogens is 248 g/mol. The molecule has 0 unspecified atom stereocenters. The molecule has 0 bridgehead atoms. The molecule has 0 aliphatic rings. The third kappa shape index (κ3) is 2.79. The maximum Gasteiger partial charge on any atom is 0.307 e. The summed E-state index contributed by atoms with van der Waals surface area (Å²) < 4.78 is 1.91. The molecule has 1 N–H and O–H groups in total. The van der Waals surface area contributed by atoms with Gasteiger partial charge in [-0.2, -0.15) is 16.4 Å². The number of rotatable bonds is 5. The number of aryl methyl sites for hydroxylation is 3. The number of aliphatic carboxylic acids is 1. The molecule has 0 saturated carbocycles. The Hall–Kier alpha value is -1.62. The zero-order valence-corrected chi connectivity index (χ0v) is 11.3. The fourth-order valence-electron chi connectivity index (χ4n) is 2.03. The molecule has 96 valence electrons. The summed E-state index contributed by atoms with van der Waals surface area (Å²) in [6.07, 6.45) is 0.980. The van der Waals surface area contributed by atoms with E-state index in [9.17, 15) is 4.79 Å². The Balaban J connectivity index is 2.11. The van der Waals surface area contributed by atoms with Crippen molar-refractivity contribution in [3.63, 3.8) is 0 Å². The second-order valence-corrected chi connectivity index (χ2v) is 5.10. The molecule has 0 amide bonds. The summed E-state index contributed by atoms with van der Waals surface area (Å²) >= 11 is 1.69. The van der Waals surface area contributed by atoms with Crippen LogP contribution >= 0.6 is 11.3 Å². The Morgan fingerprint density at radius 1 is 1.50 bits per heavy atom. The van der Waals surface area contributed by atoms with E-state index in [1.807, 2.05) is 18.5 Å². The first-order valence-electron chi connectivity index (χ1n) is 5.83. The van der Waals surface area contributed by atoms with Gasteiger partial charge in [-0.15, -0.1) is 0 Å². The first kappa shape index (κ1) is 12.8. The minimum atomic E-state index is -0.807. The molecule has 2 heterocycles. The van der Waals surface area contributed by atoms with Crippen molar-refractivity contribution in [1.29, 1.82) is 0 Å². The van der Waals surface area contributed by atoms with Gasteiger partial charge in [0.05, 0.1) is 12.1 Å². The minimum Gasteiger partial charge on any atom is -0.481 e. The van der Waals surface area contributed by atoms with Crippen LogP contribution in [0.3, 0.4) is 0 Å². The lowest BCUT2D eigenvalue weighted by Crippen LogP contribution is -2.06. The number of carboxylic acid groups (broad SMARTS) is 1. The van der Waals surface area contributed by atoms with E-state index >= 15 is 0 Å². The summed E-state index contributed by atoms with van der Waals surface area (Å²) in [6.45, 7) is 4.60. The molecule has 0 atom stereocenters. The highest BCUT2D eigenvalue weighted by molar-refractivity contribution is 7.07. The van der Waals surface area contributed by atoms with Gasteiger partial charge in [-0.3, -0.25) is 9.48 Å². The number of carboxylic acids is 1. The van der Waals surface area contributed by atoms with Crippen molar-refractivity contribution in [2.75, 3.05) is 0 Å². The van der Waals surface area contributed by atoms with E-state index in [-0.39, 0.29) is 6.42 Å². The fraction of sp³-hybridized carbons (Fsp3) is 0.385. The third-order valence-electron chi connectivity index (χ3n) is 3.05. The Bertz CT molecular complexity index is 544. The first-order valence-corrected chi connectivity index (χ1v) is 6.78. The molecular formula is C13H16N2O2S. The van der Waals surface area contributed by atoms with Crippen molar-refractivity contribution in [3.8, 4) is 0 Å². The number of hydrogen-bond donors (Lipinski definition) is 1. The lowest BCUT2D eigenvalue weighted by Gasteiger charge is -2.04. The average Bonchev–Trinajstić information content (AvgIpc) is 2.90. The fourth-order valence-corrected chi connectivity index (χ4v) is 2.73. The summed E-state index contributed by atoms with van der Waals surface area (Å²) in [6, 6.07) is 2.11. The monoisotopic (exact) mass is 264 g/mol. The molecule has 0 aromatic carbocycles. The molecule has 0 radical (unpaired) electrons. The lowest BCUT2D eigenvalue weighted by molar-refractivity contribution is -0.136. The van der Waals surface area contributed by atoms with E-state index in [1.54, 1.807) is 11.3 Å². The summed E-state index contributed by atoms with van der Waals surface area (Å²) in [5.74, 6) is -0.807. The van der Waals surface area contributed by atoms with Crippen LogP contribution in [-0.4, -0.2) is 20.9 Å². The van der Waals surface area contributed by atoms with Crippen LogP contribution in [0.25, 0.3) is 0 Å². The van der Waals surface area contributed by atoms with E-state index < -0.39 is 5.97 Å². The molecule has 5 heteroatoms. The normalized spacial score (nSPS) is 10.8. The molecule has 0 aliphatic carbocycles. The highest BCUT2D eigenvalue weighted by atomic mass is 32.1. The summed E-state index contributed by atoms with van der Waals surface area (Å²) in [4.78, 5) is 10.8. The van der Waals surface area contributed by atoms with Crippen LogP contribution in [0.5, 0.6) is 0 Å². The van der Waals surface area contributed by atoms with Gasteiger partial charge in [0.15, 0.2) is 0 Å². The van der Waals surface area contributed by atoms with E-state index in [4.69, 9.17) is 5.11 Å². The van der Waals surface area contributed by atoms with Crippen LogP contribution in [0.1, 0.15) is 22.5 Å². The predicted octanol–water partition coefficient (Wildman–Crippen LogP) is 2.43. The second kappa shape index (κ2) is 5.35. The number of hydrogen-bond acceptors (Lipinski definition) is 3. The smallest absolute Gasteiger partial charge is 0.307 e. The van der Waals surface area contributed by atoms with Crippen molar-refractivity contribution in [3.05, 3.63) is 39.3 Å². The van der Waals surface area contributed by atoms with Gasteiger partial charge in [-0.1, -0.05) is 0 Å². The molecule has 0 fully saturated rings. The number of nitrogens with zero attached hydrogens (tertiary/aromatic N) is 2. The molecule has 0 saturated heterocycles. The van der Waals surface area contributed by atoms with Crippen LogP contribution in [0.15, 0.2) is 16.8 Å². The Kier molecular flexibility index (Phi) is 3.81. The van der Waals surface area contributed by atoms with E-state index in [2.05, 4.69) is 21.9 Å². The average molecular weight is 264 g/mol. The second-order valence-electron chi connectivity index (χ2n) is 4.32. The van der Waals surface area contributed by atoms with Gasteiger partial charge in [-0.25, -0.2) is 0 Å². The van der Waals surface area contributed by atoms with Crippen LogP contribution in [-0.2, 0) is 24.2 Å². The standard InChI is InChI=1S/C13H16N2O2S/c1-9-12(7-13(16)17)10(2)15(14-9)5-3-11-4-6-18-8-11/h4,6,8H,3,5,7H2,1-2H3,(H,16,17). The maximum atomic E-state index is 10.8. The third-order valence-corrected chi connectivity index (χ3v) is 3.78. The van der Waals surface area contributed by atoms with Gasteiger partial charge in [0, 0.05) is 17.8 Å². The topological polar surface area (TPSA) is 55.1 Å². The van der Waals surface area contributed by atoms with Crippen LogP contribution in [0.4, 0.5) is 0 Å². The van der Waals surface area contributed by atoms with E-state index in [0.29, 0.717) is 0 Å².